The molecule has 32 heavy (non-hydrogen) atoms. The van der Waals surface area contributed by atoms with Crippen LogP contribution < -0.4 is 0 Å². The summed E-state index contributed by atoms with van der Waals surface area (Å²) in [4.78, 5) is 70.0. The molecule has 0 saturated carbocycles. The van der Waals surface area contributed by atoms with E-state index in [0.717, 1.165) is 41.5 Å². The fraction of sp³-hybridized carbons (Fsp3) is 0.684. The zero-order valence-corrected chi connectivity index (χ0v) is 18.5. The van der Waals surface area contributed by atoms with Crippen LogP contribution in [0.1, 0.15) is 41.5 Å². The molecule has 1 unspecified atom stereocenters. The highest BCUT2D eigenvalue weighted by Crippen LogP contribution is 2.37. The molecule has 13 heteroatoms. The number of hydrogen-bond donors (Lipinski definition) is 0. The molecule has 0 N–H and O–H groups in total. The standard InChI is InChI=1S/C19H26O13/c1-9(20)26-7-19(8-27-10(2)21)17(30-13(5)24)15(28-11(3)22)16(29-12(4)23)18(32-19)31-14(6)25/h15-18H,7-8H2,1-6H3/t15-,16-,17-,18?/m0/s1. The molecule has 0 bridgehead atoms. The SMILES string of the molecule is CC(=O)OCC1(COC(C)=O)OC(OC(C)=O)[C@@H](OC(C)=O)[C@H](OC(C)=O)[C@@H]1OC(C)=O. The van der Waals surface area contributed by atoms with Crippen molar-refractivity contribution in [2.24, 2.45) is 0 Å². The van der Waals surface area contributed by atoms with Gasteiger partial charge in [-0.2, -0.15) is 0 Å². The molecule has 1 saturated heterocycles. The Bertz CT molecular complexity index is 740. The lowest BCUT2D eigenvalue weighted by molar-refractivity contribution is -0.339. The van der Waals surface area contributed by atoms with Crippen LogP contribution in [0.25, 0.3) is 0 Å². The number of hydrogen-bond acceptors (Lipinski definition) is 13. The number of rotatable bonds is 8. The Morgan fingerprint density at radius 3 is 1.38 bits per heavy atom. The number of esters is 6. The Kier molecular flexibility index (Phi) is 9.56. The first kappa shape index (κ1) is 26.8. The van der Waals surface area contributed by atoms with Gasteiger partial charge in [0.2, 0.25) is 12.4 Å². The molecule has 4 atom stereocenters. The van der Waals surface area contributed by atoms with E-state index in [9.17, 15) is 28.8 Å². The maximum absolute atomic E-state index is 11.9. The molecule has 1 rings (SSSR count). The van der Waals surface area contributed by atoms with Crippen LogP contribution in [0.2, 0.25) is 0 Å². The highest BCUT2D eigenvalue weighted by molar-refractivity contribution is 5.69. The van der Waals surface area contributed by atoms with Gasteiger partial charge in [-0.15, -0.1) is 0 Å². The first-order valence-electron chi connectivity index (χ1n) is 9.41. The zero-order chi connectivity index (χ0) is 24.6. The molecule has 1 heterocycles. The lowest BCUT2D eigenvalue weighted by Crippen LogP contribution is -2.70. The molecule has 0 aliphatic carbocycles. The van der Waals surface area contributed by atoms with E-state index in [1.807, 2.05) is 0 Å². The van der Waals surface area contributed by atoms with Crippen molar-refractivity contribution in [1.82, 2.24) is 0 Å². The second-order valence-corrected chi connectivity index (χ2v) is 6.90. The first-order valence-corrected chi connectivity index (χ1v) is 9.41. The largest absolute Gasteiger partial charge is 0.462 e. The fourth-order valence-electron chi connectivity index (χ4n) is 2.96. The minimum atomic E-state index is -2.00. The molecule has 0 amide bonds. The van der Waals surface area contributed by atoms with Crippen molar-refractivity contribution >= 4 is 35.8 Å². The lowest BCUT2D eigenvalue weighted by atomic mass is 9.86. The normalized spacial score (nSPS) is 23.8. The average Bonchev–Trinajstić information content (AvgIpc) is 2.62. The Morgan fingerprint density at radius 2 is 1.00 bits per heavy atom. The predicted molar refractivity (Wildman–Crippen MR) is 99.3 cm³/mol. The Hall–Kier alpha value is -3.22. The molecule has 1 fully saturated rings. The van der Waals surface area contributed by atoms with Gasteiger partial charge in [0, 0.05) is 41.5 Å². The Balaban J connectivity index is 3.66. The van der Waals surface area contributed by atoms with Gasteiger partial charge in [0.25, 0.3) is 0 Å². The van der Waals surface area contributed by atoms with Gasteiger partial charge in [0.1, 0.15) is 13.2 Å². The molecular weight excluding hydrogens is 436 g/mol. The molecule has 0 aromatic heterocycles. The zero-order valence-electron chi connectivity index (χ0n) is 18.5. The van der Waals surface area contributed by atoms with E-state index in [0.29, 0.717) is 0 Å². The fourth-order valence-corrected chi connectivity index (χ4v) is 2.96. The maximum Gasteiger partial charge on any atom is 0.305 e. The van der Waals surface area contributed by atoms with Gasteiger partial charge in [-0.05, 0) is 0 Å². The number of carbonyl (C=O) groups excluding carboxylic acids is 6. The summed E-state index contributed by atoms with van der Waals surface area (Å²) in [5.41, 5.74) is -2.00. The third-order valence-corrected chi connectivity index (χ3v) is 3.98. The second kappa shape index (κ2) is 11.4. The van der Waals surface area contributed by atoms with Crippen molar-refractivity contribution in [3.63, 3.8) is 0 Å². The summed E-state index contributed by atoms with van der Waals surface area (Å²) in [5, 5.41) is 0. The first-order chi connectivity index (χ1) is 14.8. The summed E-state index contributed by atoms with van der Waals surface area (Å²) >= 11 is 0. The van der Waals surface area contributed by atoms with Crippen LogP contribution in [0.3, 0.4) is 0 Å². The third-order valence-electron chi connectivity index (χ3n) is 3.98. The van der Waals surface area contributed by atoms with Crippen molar-refractivity contribution in [3.05, 3.63) is 0 Å². The quantitative estimate of drug-likeness (QED) is 0.337. The number of ether oxygens (including phenoxy) is 7. The highest BCUT2D eigenvalue weighted by Gasteiger charge is 2.62. The minimum absolute atomic E-state index is 0.671. The van der Waals surface area contributed by atoms with Crippen LogP contribution >= 0.6 is 0 Å². The molecular formula is C19H26O13. The molecule has 1 aliphatic heterocycles. The summed E-state index contributed by atoms with van der Waals surface area (Å²) in [6.45, 7) is 4.96. The summed E-state index contributed by atoms with van der Waals surface area (Å²) in [7, 11) is 0. The molecule has 0 aromatic rings. The van der Waals surface area contributed by atoms with Gasteiger partial charge in [-0.1, -0.05) is 0 Å². The van der Waals surface area contributed by atoms with Crippen molar-refractivity contribution in [1.29, 1.82) is 0 Å². The van der Waals surface area contributed by atoms with Crippen molar-refractivity contribution in [2.75, 3.05) is 13.2 Å². The monoisotopic (exact) mass is 462 g/mol. The van der Waals surface area contributed by atoms with E-state index >= 15 is 0 Å². The lowest BCUT2D eigenvalue weighted by Gasteiger charge is -2.49. The maximum atomic E-state index is 11.9. The van der Waals surface area contributed by atoms with Gasteiger partial charge in [0.15, 0.2) is 17.8 Å². The van der Waals surface area contributed by atoms with E-state index in [4.69, 9.17) is 33.2 Å². The topological polar surface area (TPSA) is 167 Å². The summed E-state index contributed by atoms with van der Waals surface area (Å²) < 4.78 is 36.6. The van der Waals surface area contributed by atoms with Crippen LogP contribution in [0, 0.1) is 0 Å². The molecule has 0 radical (unpaired) electrons. The van der Waals surface area contributed by atoms with Crippen molar-refractivity contribution in [3.8, 4) is 0 Å². The Morgan fingerprint density at radius 1 is 0.594 bits per heavy atom. The molecule has 180 valence electrons. The summed E-state index contributed by atoms with van der Waals surface area (Å²) in [6, 6.07) is 0. The molecule has 0 spiro atoms. The van der Waals surface area contributed by atoms with Crippen LogP contribution in [-0.4, -0.2) is 79.2 Å². The van der Waals surface area contributed by atoms with Gasteiger partial charge < -0.3 is 33.2 Å². The smallest absolute Gasteiger partial charge is 0.305 e. The van der Waals surface area contributed by atoms with Gasteiger partial charge in [-0.25, -0.2) is 0 Å². The van der Waals surface area contributed by atoms with E-state index in [1.165, 1.54) is 0 Å². The molecule has 1 aliphatic rings. The van der Waals surface area contributed by atoms with E-state index in [2.05, 4.69) is 0 Å². The van der Waals surface area contributed by atoms with Crippen LogP contribution in [0.5, 0.6) is 0 Å². The minimum Gasteiger partial charge on any atom is -0.462 e. The Labute approximate surface area is 183 Å². The predicted octanol–water partition coefficient (Wildman–Crippen LogP) is -0.434. The van der Waals surface area contributed by atoms with E-state index in [1.54, 1.807) is 0 Å². The van der Waals surface area contributed by atoms with E-state index < -0.39 is 79.2 Å². The van der Waals surface area contributed by atoms with Gasteiger partial charge in [-0.3, -0.25) is 28.8 Å². The summed E-state index contributed by atoms with van der Waals surface area (Å²) in [5.74, 6) is -5.02. The van der Waals surface area contributed by atoms with E-state index in [-0.39, 0.29) is 0 Å². The van der Waals surface area contributed by atoms with Crippen LogP contribution in [0.15, 0.2) is 0 Å². The second-order valence-electron chi connectivity index (χ2n) is 6.90. The van der Waals surface area contributed by atoms with Crippen molar-refractivity contribution in [2.45, 2.75) is 71.7 Å². The highest BCUT2D eigenvalue weighted by atomic mass is 16.8. The van der Waals surface area contributed by atoms with Gasteiger partial charge in [0.05, 0.1) is 0 Å². The molecule has 0 aromatic carbocycles. The van der Waals surface area contributed by atoms with Crippen LogP contribution in [0.4, 0.5) is 0 Å². The summed E-state index contributed by atoms with van der Waals surface area (Å²) in [6.07, 6.45) is -6.49. The van der Waals surface area contributed by atoms with Crippen molar-refractivity contribution < 1.29 is 61.9 Å². The number of carbonyl (C=O) groups is 6. The van der Waals surface area contributed by atoms with Crippen LogP contribution in [-0.2, 0) is 61.9 Å². The molecule has 13 nitrogen and oxygen atoms in total. The third kappa shape index (κ3) is 7.80. The average molecular weight is 462 g/mol. The van der Waals surface area contributed by atoms with Gasteiger partial charge >= 0.3 is 35.8 Å².